The summed E-state index contributed by atoms with van der Waals surface area (Å²) in [6, 6.07) is 4.17. The quantitative estimate of drug-likeness (QED) is 0.853. The van der Waals surface area contributed by atoms with E-state index in [2.05, 4.69) is 20.8 Å². The molecular formula is C14H17N3O2S2. The minimum absolute atomic E-state index is 0.0298. The average Bonchev–Trinajstić information content (AvgIpc) is 3.08. The number of carboxylic acids is 1. The van der Waals surface area contributed by atoms with Gasteiger partial charge in [0.1, 0.15) is 5.52 Å². The van der Waals surface area contributed by atoms with Gasteiger partial charge in [0, 0.05) is 17.5 Å². The number of hydrogen-bond acceptors (Lipinski definition) is 5. The maximum atomic E-state index is 10.8. The van der Waals surface area contributed by atoms with Gasteiger partial charge in [-0.2, -0.15) is 11.8 Å². The highest BCUT2D eigenvalue weighted by Gasteiger charge is 2.29. The van der Waals surface area contributed by atoms with Gasteiger partial charge in [0.05, 0.1) is 5.75 Å². The molecule has 112 valence electrons. The Morgan fingerprint density at radius 3 is 3.10 bits per heavy atom. The average molecular weight is 323 g/mol. The Bertz CT molecular complexity index is 659. The molecule has 2 atom stereocenters. The molecule has 0 aliphatic heterocycles. The number of nitrogens with zero attached hydrogens (tertiary/aromatic N) is 3. The zero-order valence-electron chi connectivity index (χ0n) is 11.7. The molecule has 0 aromatic carbocycles. The van der Waals surface area contributed by atoms with Crippen LogP contribution in [0.15, 0.2) is 23.5 Å². The van der Waals surface area contributed by atoms with Gasteiger partial charge >= 0.3 is 5.97 Å². The van der Waals surface area contributed by atoms with Crippen LogP contribution in [-0.2, 0) is 4.79 Å². The molecule has 21 heavy (non-hydrogen) atoms. The summed E-state index contributed by atoms with van der Waals surface area (Å²) in [6.45, 7) is 0. The lowest BCUT2D eigenvalue weighted by Gasteiger charge is -2.15. The fourth-order valence-electron chi connectivity index (χ4n) is 2.83. The Balaban J connectivity index is 1.97. The molecule has 1 aliphatic rings. The van der Waals surface area contributed by atoms with Gasteiger partial charge in [0.25, 0.3) is 0 Å². The fourth-order valence-corrected chi connectivity index (χ4v) is 4.41. The second-order valence-corrected chi connectivity index (χ2v) is 7.20. The van der Waals surface area contributed by atoms with Gasteiger partial charge in [0.2, 0.25) is 0 Å². The summed E-state index contributed by atoms with van der Waals surface area (Å²) in [4.78, 5) is 19.9. The second-order valence-electron chi connectivity index (χ2n) is 5.12. The van der Waals surface area contributed by atoms with Crippen LogP contribution in [0.25, 0.3) is 11.2 Å². The number of carboxylic acid groups (broad SMARTS) is 1. The largest absolute Gasteiger partial charge is 0.481 e. The molecule has 1 aliphatic carbocycles. The molecule has 0 amide bonds. The highest BCUT2D eigenvalue weighted by molar-refractivity contribution is 7.99. The minimum atomic E-state index is -0.819. The molecule has 0 saturated heterocycles. The third kappa shape index (κ3) is 3.03. The number of aromatic nitrogens is 3. The number of aliphatic carboxylic acids is 1. The third-order valence-corrected chi connectivity index (χ3v) is 5.83. The molecule has 0 radical (unpaired) electrons. The molecule has 1 N–H and O–H groups in total. The van der Waals surface area contributed by atoms with Gasteiger partial charge in [-0.3, -0.25) is 4.79 Å². The predicted molar refractivity (Wildman–Crippen MR) is 86.1 cm³/mol. The van der Waals surface area contributed by atoms with Crippen molar-refractivity contribution in [2.75, 3.05) is 12.0 Å². The number of hydrogen-bond donors (Lipinski definition) is 1. The van der Waals surface area contributed by atoms with Crippen molar-refractivity contribution >= 4 is 40.7 Å². The molecular weight excluding hydrogens is 306 g/mol. The predicted octanol–water partition coefficient (Wildman–Crippen LogP) is 3.06. The van der Waals surface area contributed by atoms with Crippen LogP contribution in [0.4, 0.5) is 0 Å². The third-order valence-electron chi connectivity index (χ3n) is 3.80. The molecule has 2 heterocycles. The lowest BCUT2D eigenvalue weighted by Crippen LogP contribution is -2.09. The maximum Gasteiger partial charge on any atom is 0.313 e. The van der Waals surface area contributed by atoms with Crippen molar-refractivity contribution in [3.63, 3.8) is 0 Å². The van der Waals surface area contributed by atoms with Gasteiger partial charge in [-0.05, 0) is 37.7 Å². The van der Waals surface area contributed by atoms with E-state index in [1.165, 1.54) is 18.2 Å². The first-order chi connectivity index (χ1) is 10.2. The highest BCUT2D eigenvalue weighted by Crippen LogP contribution is 2.39. The number of thioether (sulfide) groups is 2. The van der Waals surface area contributed by atoms with Crippen LogP contribution in [0.3, 0.4) is 0 Å². The molecule has 0 bridgehead atoms. The van der Waals surface area contributed by atoms with E-state index in [0.717, 1.165) is 29.2 Å². The van der Waals surface area contributed by atoms with E-state index in [-0.39, 0.29) is 5.75 Å². The van der Waals surface area contributed by atoms with Crippen LogP contribution >= 0.6 is 23.5 Å². The van der Waals surface area contributed by atoms with Crippen LogP contribution < -0.4 is 0 Å². The van der Waals surface area contributed by atoms with Crippen molar-refractivity contribution < 1.29 is 9.90 Å². The Hall–Kier alpha value is -1.21. The van der Waals surface area contributed by atoms with Crippen LogP contribution in [0.5, 0.6) is 0 Å². The number of pyridine rings is 1. The van der Waals surface area contributed by atoms with E-state index in [0.29, 0.717) is 11.3 Å². The molecule has 5 nitrogen and oxygen atoms in total. The van der Waals surface area contributed by atoms with E-state index >= 15 is 0 Å². The second kappa shape index (κ2) is 6.27. The molecule has 2 aromatic rings. The zero-order chi connectivity index (χ0) is 14.8. The molecule has 3 rings (SSSR count). The van der Waals surface area contributed by atoms with E-state index < -0.39 is 5.97 Å². The van der Waals surface area contributed by atoms with Gasteiger partial charge in [-0.15, -0.1) is 0 Å². The summed E-state index contributed by atoms with van der Waals surface area (Å²) < 4.78 is 2.15. The Labute approximate surface area is 131 Å². The van der Waals surface area contributed by atoms with Gasteiger partial charge < -0.3 is 9.67 Å². The van der Waals surface area contributed by atoms with E-state index in [4.69, 9.17) is 5.11 Å². The van der Waals surface area contributed by atoms with Gasteiger partial charge in [0.15, 0.2) is 10.8 Å². The van der Waals surface area contributed by atoms with Crippen molar-refractivity contribution in [2.45, 2.75) is 35.7 Å². The van der Waals surface area contributed by atoms with Crippen molar-refractivity contribution in [3.8, 4) is 0 Å². The summed E-state index contributed by atoms with van der Waals surface area (Å²) in [5.74, 6) is -0.790. The summed E-state index contributed by atoms with van der Waals surface area (Å²) in [6.07, 6.45) is 7.32. The lowest BCUT2D eigenvalue weighted by atomic mass is 10.2. The highest BCUT2D eigenvalue weighted by atomic mass is 32.2. The van der Waals surface area contributed by atoms with Gasteiger partial charge in [-0.1, -0.05) is 11.8 Å². The lowest BCUT2D eigenvalue weighted by molar-refractivity contribution is -0.133. The molecule has 0 spiro atoms. The number of rotatable bonds is 5. The number of fused-ring (bicyclic) bond motifs is 1. The van der Waals surface area contributed by atoms with E-state index in [1.54, 1.807) is 6.20 Å². The number of carbonyl (C=O) groups is 1. The first-order valence-corrected chi connectivity index (χ1v) is 9.16. The van der Waals surface area contributed by atoms with Crippen LogP contribution in [0, 0.1) is 0 Å². The normalized spacial score (nSPS) is 22.0. The van der Waals surface area contributed by atoms with Crippen molar-refractivity contribution in [3.05, 3.63) is 18.3 Å². The molecule has 2 unspecified atom stereocenters. The smallest absolute Gasteiger partial charge is 0.313 e. The SMILES string of the molecule is CSC1CCC(n2c(SCC(=O)O)nc3cccnc32)C1. The van der Waals surface area contributed by atoms with Crippen LogP contribution in [0.1, 0.15) is 25.3 Å². The van der Waals surface area contributed by atoms with E-state index in [1.807, 2.05) is 23.9 Å². The first kappa shape index (κ1) is 14.7. The topological polar surface area (TPSA) is 68.0 Å². The monoisotopic (exact) mass is 323 g/mol. The van der Waals surface area contributed by atoms with Gasteiger partial charge in [-0.25, -0.2) is 9.97 Å². The first-order valence-electron chi connectivity index (χ1n) is 6.89. The Morgan fingerprint density at radius 2 is 2.38 bits per heavy atom. The van der Waals surface area contributed by atoms with E-state index in [9.17, 15) is 4.79 Å². The standard InChI is InChI=1S/C14H17N3O2S2/c1-20-10-5-4-9(7-10)17-13-11(3-2-6-15-13)16-14(17)21-8-12(18)19/h2-3,6,9-10H,4-5,7-8H2,1H3,(H,18,19). The summed E-state index contributed by atoms with van der Waals surface area (Å²) in [5, 5.41) is 10.4. The van der Waals surface area contributed by atoms with Crippen molar-refractivity contribution in [1.82, 2.24) is 14.5 Å². The summed E-state index contributed by atoms with van der Waals surface area (Å²) in [7, 11) is 0. The molecule has 1 fully saturated rings. The maximum absolute atomic E-state index is 10.8. The molecule has 7 heteroatoms. The van der Waals surface area contributed by atoms with Crippen molar-refractivity contribution in [2.24, 2.45) is 0 Å². The van der Waals surface area contributed by atoms with Crippen LogP contribution in [-0.4, -0.2) is 42.9 Å². The number of imidazole rings is 1. The molecule has 2 aromatic heterocycles. The van der Waals surface area contributed by atoms with Crippen LogP contribution in [0.2, 0.25) is 0 Å². The fraction of sp³-hybridized carbons (Fsp3) is 0.500. The summed E-state index contributed by atoms with van der Waals surface area (Å²) in [5.41, 5.74) is 1.72. The minimum Gasteiger partial charge on any atom is -0.481 e. The van der Waals surface area contributed by atoms with Crippen molar-refractivity contribution in [1.29, 1.82) is 0 Å². The Kier molecular flexibility index (Phi) is 4.40. The molecule has 1 saturated carbocycles. The zero-order valence-corrected chi connectivity index (χ0v) is 13.4. The Morgan fingerprint density at radius 1 is 1.52 bits per heavy atom. The summed E-state index contributed by atoms with van der Waals surface area (Å²) >= 11 is 3.19.